The Morgan fingerprint density at radius 1 is 1.38 bits per heavy atom. The van der Waals surface area contributed by atoms with Crippen LogP contribution in [0.3, 0.4) is 0 Å². The maximum absolute atomic E-state index is 10.6. The molecule has 3 N–H and O–H groups in total. The van der Waals surface area contributed by atoms with Crippen LogP contribution in [0, 0.1) is 5.92 Å². The second kappa shape index (κ2) is 9.94. The molecule has 0 spiro atoms. The van der Waals surface area contributed by atoms with E-state index in [4.69, 9.17) is 4.89 Å². The maximum atomic E-state index is 10.6. The van der Waals surface area contributed by atoms with Gasteiger partial charge in [0.05, 0.1) is 12.7 Å². The summed E-state index contributed by atoms with van der Waals surface area (Å²) in [6.45, 7) is 9.63. The largest absolute Gasteiger partial charge is 0.392 e. The normalized spacial score (nSPS) is 35.9. The molecular formula is C20H32O4. The van der Waals surface area contributed by atoms with Crippen LogP contribution in [0.25, 0.3) is 0 Å². The number of hydrogen-bond acceptors (Lipinski definition) is 4. The Labute approximate surface area is 145 Å². The van der Waals surface area contributed by atoms with Crippen LogP contribution in [-0.2, 0) is 4.89 Å². The zero-order valence-electron chi connectivity index (χ0n) is 15.2. The van der Waals surface area contributed by atoms with Gasteiger partial charge in [-0.2, -0.15) is 0 Å². The average molecular weight is 336 g/mol. The van der Waals surface area contributed by atoms with Gasteiger partial charge >= 0.3 is 0 Å². The second-order valence-corrected chi connectivity index (χ2v) is 7.06. The third-order valence-electron chi connectivity index (χ3n) is 4.70. The Hall–Kier alpha value is -1.20. The molecule has 0 bridgehead atoms. The number of hydrogen-bond donors (Lipinski definition) is 3. The van der Waals surface area contributed by atoms with Crippen LogP contribution in [0.4, 0.5) is 0 Å². The summed E-state index contributed by atoms with van der Waals surface area (Å²) in [6.07, 6.45) is 10.9. The molecule has 4 heteroatoms. The molecule has 0 saturated heterocycles. The van der Waals surface area contributed by atoms with Gasteiger partial charge < -0.3 is 10.2 Å². The quantitative estimate of drug-likeness (QED) is 0.411. The van der Waals surface area contributed by atoms with E-state index in [-0.39, 0.29) is 12.5 Å². The van der Waals surface area contributed by atoms with E-state index in [0.717, 1.165) is 24.8 Å². The predicted molar refractivity (Wildman–Crippen MR) is 97.6 cm³/mol. The van der Waals surface area contributed by atoms with Crippen molar-refractivity contribution in [1.29, 1.82) is 0 Å². The Morgan fingerprint density at radius 3 is 2.71 bits per heavy atom. The summed E-state index contributed by atoms with van der Waals surface area (Å²) in [7, 11) is 0. The molecule has 0 amide bonds. The fraction of sp³-hybridized carbons (Fsp3) is 0.600. The summed E-state index contributed by atoms with van der Waals surface area (Å²) in [6, 6.07) is 0. The van der Waals surface area contributed by atoms with Crippen LogP contribution in [0.5, 0.6) is 0 Å². The van der Waals surface area contributed by atoms with Gasteiger partial charge in [-0.25, -0.2) is 4.89 Å². The van der Waals surface area contributed by atoms with Gasteiger partial charge in [0.15, 0.2) is 0 Å². The summed E-state index contributed by atoms with van der Waals surface area (Å²) in [5, 5.41) is 29.3. The number of rotatable bonds is 3. The smallest absolute Gasteiger partial charge is 0.119 e. The Balaban J connectivity index is 3.08. The average Bonchev–Trinajstić information content (AvgIpc) is 2.53. The van der Waals surface area contributed by atoms with Gasteiger partial charge in [0.1, 0.15) is 5.60 Å². The van der Waals surface area contributed by atoms with Crippen LogP contribution in [0.15, 0.2) is 47.6 Å². The molecule has 1 aliphatic rings. The van der Waals surface area contributed by atoms with Crippen LogP contribution < -0.4 is 0 Å². The highest BCUT2D eigenvalue weighted by molar-refractivity contribution is 5.15. The zero-order chi connectivity index (χ0) is 18.2. The van der Waals surface area contributed by atoms with E-state index >= 15 is 0 Å². The molecule has 0 aliphatic heterocycles. The fourth-order valence-corrected chi connectivity index (χ4v) is 2.95. The third-order valence-corrected chi connectivity index (χ3v) is 4.70. The van der Waals surface area contributed by atoms with Gasteiger partial charge in [0.25, 0.3) is 0 Å². The lowest BCUT2D eigenvalue weighted by Crippen LogP contribution is -2.29. The minimum atomic E-state index is -0.823. The molecule has 1 rings (SSSR count). The highest BCUT2D eigenvalue weighted by Crippen LogP contribution is 2.28. The van der Waals surface area contributed by atoms with Crippen molar-refractivity contribution in [2.45, 2.75) is 64.6 Å². The topological polar surface area (TPSA) is 69.9 Å². The van der Waals surface area contributed by atoms with Crippen LogP contribution in [0.1, 0.15) is 52.9 Å². The molecule has 136 valence electrons. The summed E-state index contributed by atoms with van der Waals surface area (Å²) in [5.41, 5.74) is 2.16. The molecular weight excluding hydrogens is 304 g/mol. The van der Waals surface area contributed by atoms with E-state index in [9.17, 15) is 15.5 Å². The van der Waals surface area contributed by atoms with Gasteiger partial charge in [-0.3, -0.25) is 5.26 Å². The van der Waals surface area contributed by atoms with Crippen LogP contribution in [0.2, 0.25) is 0 Å². The van der Waals surface area contributed by atoms with E-state index in [1.807, 2.05) is 25.2 Å². The van der Waals surface area contributed by atoms with E-state index in [2.05, 4.69) is 19.6 Å². The summed E-state index contributed by atoms with van der Waals surface area (Å²) < 4.78 is 0. The van der Waals surface area contributed by atoms with E-state index in [1.165, 1.54) is 5.57 Å². The van der Waals surface area contributed by atoms with Gasteiger partial charge in [-0.15, -0.1) is 0 Å². The molecule has 4 nitrogen and oxygen atoms in total. The fourth-order valence-electron chi connectivity index (χ4n) is 2.95. The summed E-state index contributed by atoms with van der Waals surface area (Å²) in [5.74, 6) is -0.270. The summed E-state index contributed by atoms with van der Waals surface area (Å²) >= 11 is 0. The lowest BCUT2D eigenvalue weighted by Gasteiger charge is -2.28. The highest BCUT2D eigenvalue weighted by atomic mass is 17.1. The minimum Gasteiger partial charge on any atom is -0.392 e. The predicted octanol–water partition coefficient (Wildman–Crippen LogP) is 4.17. The SMILES string of the molecule is C=C(CO)[C@@H]1CC[C@@](C)(OO)/C=C/C/C(C)=C\CC/C(C)=C/[C@@H]1O. The van der Waals surface area contributed by atoms with Crippen molar-refractivity contribution < 1.29 is 20.4 Å². The van der Waals surface area contributed by atoms with Gasteiger partial charge in [-0.05, 0) is 58.4 Å². The standard InChI is InChI=1S/C20H32O4/c1-15-7-5-8-16(2)13-19(22)18(17(3)14-21)10-12-20(4,24-23)11-6-9-15/h6-7,11,13,18-19,21-23H,3,5,8-10,12,14H2,1-2,4H3/b11-6+,15-7-,16-13+/t18-,19-,20-/m0/s1. The van der Waals surface area contributed by atoms with Crippen molar-refractivity contribution >= 4 is 0 Å². The molecule has 3 atom stereocenters. The molecule has 1 aliphatic carbocycles. The number of aliphatic hydroxyl groups is 2. The first-order valence-electron chi connectivity index (χ1n) is 8.61. The molecule has 0 aromatic carbocycles. The van der Waals surface area contributed by atoms with Gasteiger partial charge in [0.2, 0.25) is 0 Å². The summed E-state index contributed by atoms with van der Waals surface area (Å²) in [4.78, 5) is 4.70. The van der Waals surface area contributed by atoms with Crippen molar-refractivity contribution in [3.05, 3.63) is 47.6 Å². The zero-order valence-corrected chi connectivity index (χ0v) is 15.2. The lowest BCUT2D eigenvalue weighted by molar-refractivity contribution is -0.304. The molecule has 0 aromatic rings. The van der Waals surface area contributed by atoms with Gasteiger partial charge in [0, 0.05) is 5.92 Å². The van der Waals surface area contributed by atoms with Crippen molar-refractivity contribution in [1.82, 2.24) is 0 Å². The lowest BCUT2D eigenvalue weighted by atomic mass is 9.84. The molecule has 0 aromatic heterocycles. The van der Waals surface area contributed by atoms with Crippen molar-refractivity contribution in [3.8, 4) is 0 Å². The van der Waals surface area contributed by atoms with Crippen molar-refractivity contribution in [3.63, 3.8) is 0 Å². The molecule has 0 heterocycles. The number of aliphatic hydroxyl groups excluding tert-OH is 2. The Bertz CT molecular complexity index is 504. The van der Waals surface area contributed by atoms with Crippen molar-refractivity contribution in [2.75, 3.05) is 6.61 Å². The molecule has 0 radical (unpaired) electrons. The van der Waals surface area contributed by atoms with Crippen molar-refractivity contribution in [2.24, 2.45) is 5.92 Å². The number of allylic oxidation sites excluding steroid dienone is 4. The second-order valence-electron chi connectivity index (χ2n) is 7.06. The Kier molecular flexibility index (Phi) is 8.63. The van der Waals surface area contributed by atoms with Gasteiger partial charge in [-0.1, -0.05) is 42.0 Å². The molecule has 24 heavy (non-hydrogen) atoms. The third kappa shape index (κ3) is 6.73. The van der Waals surface area contributed by atoms with Crippen LogP contribution >= 0.6 is 0 Å². The maximum Gasteiger partial charge on any atom is 0.119 e. The van der Waals surface area contributed by atoms with E-state index in [1.54, 1.807) is 6.92 Å². The highest BCUT2D eigenvalue weighted by Gasteiger charge is 2.27. The minimum absolute atomic E-state index is 0.164. The first-order chi connectivity index (χ1) is 11.3. The van der Waals surface area contributed by atoms with Crippen LogP contribution in [-0.4, -0.2) is 33.8 Å². The molecule has 0 saturated carbocycles. The first-order valence-corrected chi connectivity index (χ1v) is 8.61. The first kappa shape index (κ1) is 20.8. The van der Waals surface area contributed by atoms with E-state index in [0.29, 0.717) is 18.4 Å². The molecule has 0 unspecified atom stereocenters. The monoisotopic (exact) mass is 336 g/mol. The molecule has 0 fully saturated rings. The van der Waals surface area contributed by atoms with E-state index < -0.39 is 11.7 Å². The Morgan fingerprint density at radius 2 is 2.08 bits per heavy atom.